The van der Waals surface area contributed by atoms with E-state index in [1.54, 1.807) is 0 Å². The van der Waals surface area contributed by atoms with Gasteiger partial charge in [-0.05, 0) is 5.21 Å². The number of Topliss-reactive ketones (excluding diaryl/α,β-unsaturated/α-hetero) is 1. The van der Waals surface area contributed by atoms with Gasteiger partial charge >= 0.3 is 0 Å². The zero-order chi connectivity index (χ0) is 7.40. The number of hydrogen-bond acceptors (Lipinski definition) is 6. The summed E-state index contributed by atoms with van der Waals surface area (Å²) in [5.41, 5.74) is 0. The van der Waals surface area contributed by atoms with Crippen LogP contribution in [0.25, 0.3) is 0 Å². The second-order valence-corrected chi connectivity index (χ2v) is 1.36. The molecule has 0 bridgehead atoms. The molecule has 50 valence electrons. The van der Waals surface area contributed by atoms with Gasteiger partial charge in [-0.2, -0.15) is 0 Å². The van der Waals surface area contributed by atoms with Gasteiger partial charge in [-0.25, -0.2) is 4.98 Å². The van der Waals surface area contributed by atoms with Crippen LogP contribution in [-0.2, 0) is 4.79 Å². The van der Waals surface area contributed by atoms with Crippen LogP contribution in [0.2, 0.25) is 0 Å². The van der Waals surface area contributed by atoms with E-state index in [0.717, 1.165) is 6.33 Å². The van der Waals surface area contributed by atoms with Crippen LogP contribution in [0, 0.1) is 0 Å². The summed E-state index contributed by atoms with van der Waals surface area (Å²) < 4.78 is 0. The van der Waals surface area contributed by atoms with Crippen molar-refractivity contribution >= 4 is 12.1 Å². The van der Waals surface area contributed by atoms with E-state index in [4.69, 9.17) is 0 Å². The van der Waals surface area contributed by atoms with E-state index in [0.29, 0.717) is 0 Å². The lowest BCUT2D eigenvalue weighted by molar-refractivity contribution is -0.104. The maximum atomic E-state index is 10.5. The molecule has 0 atom stereocenters. The molecule has 1 rings (SSSR count). The van der Waals surface area contributed by atoms with Crippen LogP contribution in [0.5, 0.6) is 0 Å². The normalized spacial score (nSPS) is 8.80. The summed E-state index contributed by atoms with van der Waals surface area (Å²) >= 11 is 0. The summed E-state index contributed by atoms with van der Waals surface area (Å²) in [4.78, 5) is 23.7. The minimum Gasteiger partial charge on any atom is -0.294 e. The fraction of sp³-hybridized carbons (Fsp3) is 0. The topological polar surface area (TPSA) is 85.7 Å². The SMILES string of the molecule is O=CC(=O)c1ncnnn1. The van der Waals surface area contributed by atoms with Crippen molar-refractivity contribution in [3.63, 3.8) is 0 Å². The van der Waals surface area contributed by atoms with Crippen LogP contribution in [-0.4, -0.2) is 32.5 Å². The predicted octanol–water partition coefficient (Wildman–Crippen LogP) is -1.35. The van der Waals surface area contributed by atoms with Crippen LogP contribution in [0.4, 0.5) is 0 Å². The van der Waals surface area contributed by atoms with Gasteiger partial charge in [0.05, 0.1) is 0 Å². The maximum absolute atomic E-state index is 10.5. The van der Waals surface area contributed by atoms with Crippen LogP contribution in [0.1, 0.15) is 10.6 Å². The van der Waals surface area contributed by atoms with E-state index in [9.17, 15) is 9.59 Å². The molecule has 0 aromatic carbocycles. The Hall–Kier alpha value is -1.72. The zero-order valence-corrected chi connectivity index (χ0v) is 4.76. The molecular formula is C4H2N4O2. The molecule has 1 aromatic heterocycles. The third-order valence-electron chi connectivity index (χ3n) is 0.750. The van der Waals surface area contributed by atoms with Gasteiger partial charge in [-0.15, -0.1) is 10.2 Å². The number of hydrogen-bond donors (Lipinski definition) is 0. The van der Waals surface area contributed by atoms with Gasteiger partial charge < -0.3 is 0 Å². The van der Waals surface area contributed by atoms with Gasteiger partial charge in [0.1, 0.15) is 6.33 Å². The molecule has 0 aliphatic rings. The van der Waals surface area contributed by atoms with Gasteiger partial charge in [-0.1, -0.05) is 0 Å². The molecule has 0 radical (unpaired) electrons. The van der Waals surface area contributed by atoms with Gasteiger partial charge in [0.2, 0.25) is 5.82 Å². The standard InChI is InChI=1S/C4H2N4O2/c9-1-3(10)4-5-2-6-8-7-4/h1-2H. The van der Waals surface area contributed by atoms with Crippen molar-refractivity contribution in [2.75, 3.05) is 0 Å². The Morgan fingerprint density at radius 2 is 2.40 bits per heavy atom. The van der Waals surface area contributed by atoms with Crippen molar-refractivity contribution in [2.24, 2.45) is 0 Å². The number of aldehydes is 1. The molecule has 0 aliphatic carbocycles. The molecule has 6 nitrogen and oxygen atoms in total. The van der Waals surface area contributed by atoms with E-state index in [1.165, 1.54) is 0 Å². The Bertz CT molecular complexity index is 247. The molecule has 0 unspecified atom stereocenters. The molecular weight excluding hydrogens is 136 g/mol. The van der Waals surface area contributed by atoms with Gasteiger partial charge in [0, 0.05) is 0 Å². The summed E-state index contributed by atoms with van der Waals surface area (Å²) in [7, 11) is 0. The molecule has 0 fully saturated rings. The van der Waals surface area contributed by atoms with E-state index >= 15 is 0 Å². The number of carbonyl (C=O) groups excluding carboxylic acids is 2. The number of aromatic nitrogens is 4. The quantitative estimate of drug-likeness (QED) is 0.285. The van der Waals surface area contributed by atoms with Crippen molar-refractivity contribution in [2.45, 2.75) is 0 Å². The first-order valence-corrected chi connectivity index (χ1v) is 2.34. The highest BCUT2D eigenvalue weighted by atomic mass is 16.2. The second kappa shape index (κ2) is 2.72. The molecule has 0 spiro atoms. The Morgan fingerprint density at radius 1 is 1.60 bits per heavy atom. The molecule has 0 aliphatic heterocycles. The van der Waals surface area contributed by atoms with Crippen LogP contribution in [0.15, 0.2) is 6.33 Å². The lowest BCUT2D eigenvalue weighted by atomic mass is 10.4. The monoisotopic (exact) mass is 138 g/mol. The van der Waals surface area contributed by atoms with Crippen LogP contribution in [0.3, 0.4) is 0 Å². The van der Waals surface area contributed by atoms with E-state index < -0.39 is 5.78 Å². The van der Waals surface area contributed by atoms with Crippen molar-refractivity contribution in [1.29, 1.82) is 0 Å². The first-order valence-electron chi connectivity index (χ1n) is 2.34. The highest BCUT2D eigenvalue weighted by molar-refractivity contribution is 6.31. The lowest BCUT2D eigenvalue weighted by Crippen LogP contribution is -2.07. The summed E-state index contributed by atoms with van der Waals surface area (Å²) in [5, 5.41) is 9.53. The average Bonchev–Trinajstić information content (AvgIpc) is 2.05. The summed E-state index contributed by atoms with van der Waals surface area (Å²) in [6.45, 7) is 0. The van der Waals surface area contributed by atoms with Gasteiger partial charge in [0.15, 0.2) is 6.29 Å². The molecule has 0 N–H and O–H groups in total. The fourth-order valence-electron chi connectivity index (χ4n) is 0.363. The molecule has 0 saturated carbocycles. The summed E-state index contributed by atoms with van der Waals surface area (Å²) in [5.74, 6) is -1.03. The first-order chi connectivity index (χ1) is 4.84. The number of nitrogens with zero attached hydrogens (tertiary/aromatic N) is 4. The zero-order valence-electron chi connectivity index (χ0n) is 4.76. The molecule has 1 aromatic rings. The van der Waals surface area contributed by atoms with Gasteiger partial charge in [-0.3, -0.25) is 9.59 Å². The third-order valence-corrected chi connectivity index (χ3v) is 0.750. The van der Waals surface area contributed by atoms with Crippen molar-refractivity contribution in [3.05, 3.63) is 12.2 Å². The number of ketones is 1. The highest BCUT2D eigenvalue weighted by Gasteiger charge is 2.05. The Kier molecular flexibility index (Phi) is 1.74. The molecule has 10 heavy (non-hydrogen) atoms. The maximum Gasteiger partial charge on any atom is 0.264 e. The van der Waals surface area contributed by atoms with Crippen molar-refractivity contribution < 1.29 is 9.59 Å². The average molecular weight is 138 g/mol. The Morgan fingerprint density at radius 3 is 2.90 bits per heavy atom. The third kappa shape index (κ3) is 1.16. The lowest BCUT2D eigenvalue weighted by Gasteiger charge is -1.84. The van der Waals surface area contributed by atoms with Crippen LogP contribution < -0.4 is 0 Å². The molecule has 6 heteroatoms. The summed E-state index contributed by atoms with van der Waals surface area (Å²) in [6, 6.07) is 0. The first kappa shape index (κ1) is 6.40. The summed E-state index contributed by atoms with van der Waals surface area (Å²) in [6.07, 6.45) is 1.17. The smallest absolute Gasteiger partial charge is 0.264 e. The van der Waals surface area contributed by atoms with Crippen LogP contribution >= 0.6 is 0 Å². The fourth-order valence-corrected chi connectivity index (χ4v) is 0.363. The predicted molar refractivity (Wildman–Crippen MR) is 28.0 cm³/mol. The Labute approximate surface area is 55.3 Å². The minimum atomic E-state index is -0.796. The number of carbonyl (C=O) groups is 2. The van der Waals surface area contributed by atoms with E-state index in [-0.39, 0.29) is 12.1 Å². The van der Waals surface area contributed by atoms with Crippen molar-refractivity contribution in [3.8, 4) is 0 Å². The number of rotatable bonds is 2. The molecule has 0 amide bonds. The van der Waals surface area contributed by atoms with Crippen molar-refractivity contribution in [1.82, 2.24) is 20.4 Å². The van der Waals surface area contributed by atoms with E-state index in [1.807, 2.05) is 0 Å². The minimum absolute atomic E-state index is 0.122. The van der Waals surface area contributed by atoms with Gasteiger partial charge in [0.25, 0.3) is 5.78 Å². The molecule has 0 saturated heterocycles. The highest BCUT2D eigenvalue weighted by Crippen LogP contribution is 1.80. The van der Waals surface area contributed by atoms with E-state index in [2.05, 4.69) is 20.4 Å². The largest absolute Gasteiger partial charge is 0.294 e. The Balaban J connectivity index is 2.95. The molecule has 1 heterocycles. The second-order valence-electron chi connectivity index (χ2n) is 1.36.